The van der Waals surface area contributed by atoms with E-state index in [1.54, 1.807) is 13.8 Å². The van der Waals surface area contributed by atoms with Crippen LogP contribution in [0.4, 0.5) is 0 Å². The maximum Gasteiger partial charge on any atom is 0.326 e. The number of rotatable bonds is 13. The van der Waals surface area contributed by atoms with Gasteiger partial charge in [-0.15, -0.1) is 0 Å². The van der Waals surface area contributed by atoms with Crippen LogP contribution in [0.15, 0.2) is 12.5 Å². The average Bonchev–Trinajstić information content (AvgIpc) is 3.22. The van der Waals surface area contributed by atoms with Crippen LogP contribution in [0.1, 0.15) is 46.7 Å². The number of aromatic amines is 1. The van der Waals surface area contributed by atoms with Gasteiger partial charge in [0.2, 0.25) is 17.7 Å². The van der Waals surface area contributed by atoms with Gasteiger partial charge < -0.3 is 36.9 Å². The number of hydrogen-bond acceptors (Lipinski definition) is 7. The fraction of sp³-hybridized carbons (Fsp3) is 0.667. The largest absolute Gasteiger partial charge is 0.480 e. The van der Waals surface area contributed by atoms with Gasteiger partial charge in [0.1, 0.15) is 24.2 Å². The minimum absolute atomic E-state index is 0.0294. The van der Waals surface area contributed by atoms with E-state index in [1.165, 1.54) is 19.4 Å². The number of amides is 3. The molecule has 8 N–H and O–H groups in total. The summed E-state index contributed by atoms with van der Waals surface area (Å²) in [6, 6.07) is -4.51. The van der Waals surface area contributed by atoms with Gasteiger partial charge >= 0.3 is 5.97 Å². The van der Waals surface area contributed by atoms with Crippen LogP contribution in [0.2, 0.25) is 0 Å². The third-order valence-corrected chi connectivity index (χ3v) is 5.00. The minimum atomic E-state index is -1.25. The first kappa shape index (κ1) is 28.0. The third kappa shape index (κ3) is 9.18. The second-order valence-electron chi connectivity index (χ2n) is 8.87. The molecule has 5 atom stereocenters. The van der Waals surface area contributed by atoms with E-state index in [0.717, 1.165) is 0 Å². The number of aliphatic hydroxyl groups is 1. The maximum atomic E-state index is 13.1. The quantitative estimate of drug-likeness (QED) is 0.189. The van der Waals surface area contributed by atoms with Gasteiger partial charge in [-0.3, -0.25) is 14.4 Å². The third-order valence-electron chi connectivity index (χ3n) is 5.00. The number of imidazole rings is 1. The summed E-state index contributed by atoms with van der Waals surface area (Å²) in [5, 5.41) is 26.6. The number of nitrogens with one attached hydrogen (secondary N) is 4. The van der Waals surface area contributed by atoms with Crippen molar-refractivity contribution in [3.8, 4) is 0 Å². The van der Waals surface area contributed by atoms with Crippen LogP contribution in [0.3, 0.4) is 0 Å². The predicted octanol–water partition coefficient (Wildman–Crippen LogP) is -1.10. The Kier molecular flexibility index (Phi) is 11.0. The van der Waals surface area contributed by atoms with Crippen LogP contribution < -0.4 is 21.7 Å². The lowest BCUT2D eigenvalue weighted by Gasteiger charge is -2.27. The molecule has 0 aromatic carbocycles. The van der Waals surface area contributed by atoms with Gasteiger partial charge in [-0.2, -0.15) is 0 Å². The van der Waals surface area contributed by atoms with Crippen molar-refractivity contribution in [1.82, 2.24) is 25.9 Å². The summed E-state index contributed by atoms with van der Waals surface area (Å²) < 4.78 is 0. The molecule has 1 aromatic rings. The Morgan fingerprint density at radius 1 is 1.00 bits per heavy atom. The van der Waals surface area contributed by atoms with Crippen molar-refractivity contribution in [3.05, 3.63) is 18.2 Å². The molecule has 0 aliphatic rings. The van der Waals surface area contributed by atoms with E-state index in [0.29, 0.717) is 5.69 Å². The highest BCUT2D eigenvalue weighted by atomic mass is 16.4. The van der Waals surface area contributed by atoms with Crippen LogP contribution >= 0.6 is 0 Å². The van der Waals surface area contributed by atoms with E-state index in [-0.39, 0.29) is 24.7 Å². The highest BCUT2D eigenvalue weighted by molar-refractivity contribution is 5.94. The summed E-state index contributed by atoms with van der Waals surface area (Å²) >= 11 is 0. The van der Waals surface area contributed by atoms with Crippen molar-refractivity contribution in [3.63, 3.8) is 0 Å². The van der Waals surface area contributed by atoms with E-state index in [1.807, 2.05) is 13.8 Å². The second kappa shape index (κ2) is 12.9. The molecule has 33 heavy (non-hydrogen) atoms. The number of carbonyl (C=O) groups excluding carboxylic acids is 3. The Bertz CT molecular complexity index is 795. The summed E-state index contributed by atoms with van der Waals surface area (Å²) in [6.45, 7) is 8.43. The molecule has 186 valence electrons. The van der Waals surface area contributed by atoms with Crippen molar-refractivity contribution < 1.29 is 29.4 Å². The van der Waals surface area contributed by atoms with E-state index < -0.39 is 54.0 Å². The zero-order chi connectivity index (χ0) is 25.3. The zero-order valence-electron chi connectivity index (χ0n) is 19.7. The van der Waals surface area contributed by atoms with Gasteiger partial charge in [0.25, 0.3) is 0 Å². The first-order chi connectivity index (χ1) is 15.3. The van der Waals surface area contributed by atoms with Gasteiger partial charge in [0.05, 0.1) is 12.4 Å². The lowest BCUT2D eigenvalue weighted by Crippen LogP contribution is -2.59. The van der Waals surface area contributed by atoms with Crippen LogP contribution in [0.25, 0.3) is 0 Å². The molecule has 1 rings (SSSR count). The number of aliphatic carboxylic acids is 1. The number of carboxylic acid groups (broad SMARTS) is 1. The second-order valence-corrected chi connectivity index (χ2v) is 8.87. The lowest BCUT2D eigenvalue weighted by molar-refractivity contribution is -0.143. The van der Waals surface area contributed by atoms with Gasteiger partial charge in [-0.05, 0) is 25.2 Å². The topological polar surface area (TPSA) is 200 Å². The summed E-state index contributed by atoms with van der Waals surface area (Å²) in [5.74, 6) is -3.55. The molecule has 0 saturated heterocycles. The molecule has 12 heteroatoms. The standard InChI is InChI=1S/C21H36N6O6/c1-10(2)6-15(21(32)33)26-20(31)17(11(3)4)27-18(29)14(7-13-8-23-9-24-13)25-19(30)16(22)12(5)28/h8-12,14-17,28H,6-7,22H2,1-5H3,(H,23,24)(H,25,30)(H,26,31)(H,27,29)(H,32,33). The number of hydrogen-bond donors (Lipinski definition) is 7. The van der Waals surface area contributed by atoms with E-state index in [4.69, 9.17) is 5.73 Å². The number of nitrogens with two attached hydrogens (primary N) is 1. The van der Waals surface area contributed by atoms with E-state index in [9.17, 15) is 29.4 Å². The van der Waals surface area contributed by atoms with Crippen molar-refractivity contribution in [1.29, 1.82) is 0 Å². The predicted molar refractivity (Wildman–Crippen MR) is 120 cm³/mol. The van der Waals surface area contributed by atoms with Gasteiger partial charge in [0, 0.05) is 18.3 Å². The lowest BCUT2D eigenvalue weighted by atomic mass is 9.99. The summed E-state index contributed by atoms with van der Waals surface area (Å²) in [4.78, 5) is 56.5. The number of nitrogens with zero attached hydrogens (tertiary/aromatic N) is 1. The van der Waals surface area contributed by atoms with Crippen molar-refractivity contribution in [2.75, 3.05) is 0 Å². The summed E-state index contributed by atoms with van der Waals surface area (Å²) in [5.41, 5.74) is 6.22. The van der Waals surface area contributed by atoms with Crippen molar-refractivity contribution in [2.45, 2.75) is 77.7 Å². The Morgan fingerprint density at radius 3 is 2.06 bits per heavy atom. The van der Waals surface area contributed by atoms with Gasteiger partial charge in [-0.25, -0.2) is 9.78 Å². The molecule has 1 aromatic heterocycles. The molecule has 0 radical (unpaired) electrons. The van der Waals surface area contributed by atoms with E-state index >= 15 is 0 Å². The average molecular weight is 469 g/mol. The molecule has 0 fully saturated rings. The Balaban J connectivity index is 3.02. The zero-order valence-corrected chi connectivity index (χ0v) is 19.7. The molecular formula is C21H36N6O6. The SMILES string of the molecule is CC(C)CC(NC(=O)C(NC(=O)C(Cc1cnc[nH]1)NC(=O)C(N)C(C)O)C(C)C)C(=O)O. The van der Waals surface area contributed by atoms with Gasteiger partial charge in [-0.1, -0.05) is 27.7 Å². The Hall–Kier alpha value is -2.99. The highest BCUT2D eigenvalue weighted by Crippen LogP contribution is 2.09. The number of H-pyrrole nitrogens is 1. The fourth-order valence-electron chi connectivity index (χ4n) is 3.06. The molecule has 0 saturated carbocycles. The number of aromatic nitrogens is 2. The van der Waals surface area contributed by atoms with E-state index in [2.05, 4.69) is 25.9 Å². The molecule has 3 amide bonds. The smallest absolute Gasteiger partial charge is 0.326 e. The first-order valence-electron chi connectivity index (χ1n) is 10.9. The molecule has 0 aliphatic carbocycles. The monoisotopic (exact) mass is 468 g/mol. The van der Waals surface area contributed by atoms with Crippen LogP contribution in [0, 0.1) is 11.8 Å². The highest BCUT2D eigenvalue weighted by Gasteiger charge is 2.32. The minimum Gasteiger partial charge on any atom is -0.480 e. The fourth-order valence-corrected chi connectivity index (χ4v) is 3.06. The van der Waals surface area contributed by atoms with Crippen molar-refractivity contribution >= 4 is 23.7 Å². The van der Waals surface area contributed by atoms with Crippen LogP contribution in [-0.4, -0.2) is 74.1 Å². The van der Waals surface area contributed by atoms with Crippen LogP contribution in [0.5, 0.6) is 0 Å². The Labute approximate surface area is 193 Å². The Morgan fingerprint density at radius 2 is 1.61 bits per heavy atom. The summed E-state index contributed by atoms with van der Waals surface area (Å²) in [6.07, 6.45) is 2.02. The molecule has 0 spiro atoms. The number of aliphatic hydroxyl groups excluding tert-OH is 1. The van der Waals surface area contributed by atoms with Crippen molar-refractivity contribution in [2.24, 2.45) is 17.6 Å². The summed E-state index contributed by atoms with van der Waals surface area (Å²) in [7, 11) is 0. The first-order valence-corrected chi connectivity index (χ1v) is 10.9. The normalized spacial score (nSPS) is 15.9. The molecular weight excluding hydrogens is 432 g/mol. The van der Waals surface area contributed by atoms with Crippen LogP contribution in [-0.2, 0) is 25.6 Å². The molecule has 5 unspecified atom stereocenters. The maximum absolute atomic E-state index is 13.1. The molecule has 0 aliphatic heterocycles. The molecule has 1 heterocycles. The number of carboxylic acids is 1. The number of carbonyl (C=O) groups is 4. The molecule has 12 nitrogen and oxygen atoms in total. The molecule has 0 bridgehead atoms. The van der Waals surface area contributed by atoms with Gasteiger partial charge in [0.15, 0.2) is 0 Å².